The highest BCUT2D eigenvalue weighted by molar-refractivity contribution is 5.32. The maximum Gasteiger partial charge on any atom is 0.573 e. The van der Waals surface area contributed by atoms with Crippen molar-refractivity contribution in [2.45, 2.75) is 6.36 Å². The fourth-order valence-electron chi connectivity index (χ4n) is 0.737. The Morgan fingerprint density at radius 2 is 1.79 bits per heavy atom. The number of benzene rings is 1. The van der Waals surface area contributed by atoms with Crippen LogP contribution in [0.3, 0.4) is 0 Å². The van der Waals surface area contributed by atoms with Crippen LogP contribution < -0.4 is 9.68 Å². The number of hydrogen-bond donors (Lipinski definition) is 0. The maximum atomic E-state index is 12.7. The quantitative estimate of drug-likeness (QED) is 0.704. The molecule has 0 aliphatic carbocycles. The molecule has 0 bridgehead atoms. The van der Waals surface area contributed by atoms with Crippen molar-refractivity contribution in [1.82, 2.24) is 0 Å². The van der Waals surface area contributed by atoms with Crippen LogP contribution in [0, 0.1) is 5.82 Å². The first-order chi connectivity index (χ1) is 6.42. The lowest BCUT2D eigenvalue weighted by atomic mass is 10.3. The predicted molar refractivity (Wildman–Crippen MR) is 34.8 cm³/mol. The SMILES string of the molecule is FOc1ccc(OC(F)(F)F)c(F)c1. The highest BCUT2D eigenvalue weighted by Crippen LogP contribution is 2.28. The third-order valence-electron chi connectivity index (χ3n) is 1.22. The Hall–Kier alpha value is -1.53. The molecule has 0 aliphatic rings. The molecule has 0 fully saturated rings. The van der Waals surface area contributed by atoms with E-state index in [2.05, 4.69) is 9.68 Å². The monoisotopic (exact) mass is 214 g/mol. The molecule has 0 saturated carbocycles. The van der Waals surface area contributed by atoms with Gasteiger partial charge in [0.15, 0.2) is 17.3 Å². The molecule has 0 radical (unpaired) electrons. The Morgan fingerprint density at radius 3 is 2.21 bits per heavy atom. The van der Waals surface area contributed by atoms with Gasteiger partial charge in [-0.3, -0.25) is 4.94 Å². The van der Waals surface area contributed by atoms with E-state index < -0.39 is 23.7 Å². The van der Waals surface area contributed by atoms with Gasteiger partial charge >= 0.3 is 6.36 Å². The van der Waals surface area contributed by atoms with Crippen LogP contribution in [-0.4, -0.2) is 6.36 Å². The minimum atomic E-state index is -4.99. The van der Waals surface area contributed by atoms with Crippen LogP contribution >= 0.6 is 0 Å². The Bertz CT molecular complexity index is 322. The molecule has 7 heteroatoms. The van der Waals surface area contributed by atoms with Gasteiger partial charge < -0.3 is 4.74 Å². The molecule has 0 atom stereocenters. The molecule has 14 heavy (non-hydrogen) atoms. The van der Waals surface area contributed by atoms with Gasteiger partial charge in [0.05, 0.1) is 0 Å². The first-order valence-corrected chi connectivity index (χ1v) is 3.26. The third kappa shape index (κ3) is 2.75. The summed E-state index contributed by atoms with van der Waals surface area (Å²) in [5, 5.41) is 0. The average molecular weight is 214 g/mol. The van der Waals surface area contributed by atoms with Crippen LogP contribution in [-0.2, 0) is 0 Å². The van der Waals surface area contributed by atoms with Crippen molar-refractivity contribution in [1.29, 1.82) is 0 Å². The zero-order valence-corrected chi connectivity index (χ0v) is 6.44. The number of rotatable bonds is 2. The highest BCUT2D eigenvalue weighted by Gasteiger charge is 2.32. The van der Waals surface area contributed by atoms with Crippen molar-refractivity contribution in [2.75, 3.05) is 0 Å². The molecule has 78 valence electrons. The fourth-order valence-corrected chi connectivity index (χ4v) is 0.737. The van der Waals surface area contributed by atoms with Crippen molar-refractivity contribution in [3.8, 4) is 11.5 Å². The van der Waals surface area contributed by atoms with Gasteiger partial charge in [-0.05, 0) is 12.1 Å². The Kier molecular flexibility index (Phi) is 2.78. The number of ether oxygens (including phenoxy) is 1. The summed E-state index contributed by atoms with van der Waals surface area (Å²) in [6.07, 6.45) is -4.99. The Morgan fingerprint density at radius 1 is 1.14 bits per heavy atom. The first-order valence-electron chi connectivity index (χ1n) is 3.26. The van der Waals surface area contributed by atoms with E-state index in [1.165, 1.54) is 0 Å². The predicted octanol–water partition coefficient (Wildman–Crippen LogP) is 2.99. The van der Waals surface area contributed by atoms with E-state index in [0.717, 1.165) is 6.07 Å². The Balaban J connectivity index is 2.89. The molecule has 2 nitrogen and oxygen atoms in total. The summed E-state index contributed by atoms with van der Waals surface area (Å²) in [7, 11) is 0. The lowest BCUT2D eigenvalue weighted by Crippen LogP contribution is -2.17. The summed E-state index contributed by atoms with van der Waals surface area (Å²) in [6, 6.07) is 1.84. The zero-order valence-electron chi connectivity index (χ0n) is 6.44. The lowest BCUT2D eigenvalue weighted by molar-refractivity contribution is -0.275. The minimum absolute atomic E-state index is 0.432. The molecule has 0 N–H and O–H groups in total. The lowest BCUT2D eigenvalue weighted by Gasteiger charge is -2.09. The molecule has 1 aromatic carbocycles. The number of hydrogen-bond acceptors (Lipinski definition) is 2. The van der Waals surface area contributed by atoms with Gasteiger partial charge in [0, 0.05) is 10.6 Å². The summed E-state index contributed by atoms with van der Waals surface area (Å²) in [4.78, 5) is 3.10. The van der Waals surface area contributed by atoms with Crippen LogP contribution in [0.25, 0.3) is 0 Å². The van der Waals surface area contributed by atoms with Gasteiger partial charge in [-0.25, -0.2) is 4.39 Å². The van der Waals surface area contributed by atoms with E-state index in [1.807, 2.05) is 0 Å². The fraction of sp³-hybridized carbons (Fsp3) is 0.143. The van der Waals surface area contributed by atoms with Crippen LogP contribution in [0.1, 0.15) is 0 Å². The molecular weight excluding hydrogens is 211 g/mol. The van der Waals surface area contributed by atoms with Crippen molar-refractivity contribution in [3.63, 3.8) is 0 Å². The van der Waals surface area contributed by atoms with E-state index in [-0.39, 0.29) is 0 Å². The van der Waals surface area contributed by atoms with Crippen LogP contribution in [0.5, 0.6) is 11.5 Å². The van der Waals surface area contributed by atoms with E-state index in [9.17, 15) is 22.1 Å². The van der Waals surface area contributed by atoms with Gasteiger partial charge in [0.25, 0.3) is 0 Å². The van der Waals surface area contributed by atoms with Crippen LogP contribution in [0.4, 0.5) is 22.1 Å². The molecular formula is C7H3F5O2. The van der Waals surface area contributed by atoms with Gasteiger partial charge in [-0.2, -0.15) is 0 Å². The van der Waals surface area contributed by atoms with E-state index in [1.54, 1.807) is 0 Å². The van der Waals surface area contributed by atoms with Gasteiger partial charge in [0.1, 0.15) is 0 Å². The largest absolute Gasteiger partial charge is 0.573 e. The van der Waals surface area contributed by atoms with Gasteiger partial charge in [-0.1, -0.05) is 0 Å². The highest BCUT2D eigenvalue weighted by atomic mass is 19.4. The Labute approximate surface area is 74.8 Å². The second-order valence-electron chi connectivity index (χ2n) is 2.22. The van der Waals surface area contributed by atoms with E-state index in [4.69, 9.17) is 0 Å². The standard InChI is InChI=1S/C7H3F5O2/c8-5-3-4(14-12)1-2-6(5)13-7(9,10)11/h1-3H. The minimum Gasteiger partial charge on any atom is -0.403 e. The molecule has 0 unspecified atom stereocenters. The maximum absolute atomic E-state index is 12.7. The molecule has 0 aromatic heterocycles. The summed E-state index contributed by atoms with van der Waals surface area (Å²) >= 11 is 0. The topological polar surface area (TPSA) is 18.5 Å². The second kappa shape index (κ2) is 3.69. The molecule has 0 amide bonds. The molecule has 0 spiro atoms. The van der Waals surface area contributed by atoms with Crippen LogP contribution in [0.2, 0.25) is 0 Å². The van der Waals surface area contributed by atoms with Crippen molar-refractivity contribution >= 4 is 0 Å². The molecule has 1 rings (SSSR count). The van der Waals surface area contributed by atoms with Crippen molar-refractivity contribution in [3.05, 3.63) is 24.0 Å². The van der Waals surface area contributed by atoms with E-state index >= 15 is 0 Å². The first kappa shape index (κ1) is 10.6. The summed E-state index contributed by atoms with van der Waals surface area (Å²) in [5.74, 6) is -2.95. The van der Waals surface area contributed by atoms with E-state index in [0.29, 0.717) is 12.1 Å². The summed E-state index contributed by atoms with van der Waals surface area (Å²) in [6.45, 7) is 0. The summed E-state index contributed by atoms with van der Waals surface area (Å²) < 4.78 is 62.2. The molecule has 0 saturated heterocycles. The zero-order chi connectivity index (χ0) is 10.8. The van der Waals surface area contributed by atoms with Gasteiger partial charge in [0.2, 0.25) is 0 Å². The number of alkyl halides is 3. The molecule has 0 heterocycles. The summed E-state index contributed by atoms with van der Waals surface area (Å²) in [5.41, 5.74) is 0. The smallest absolute Gasteiger partial charge is 0.403 e. The van der Waals surface area contributed by atoms with Crippen LogP contribution in [0.15, 0.2) is 18.2 Å². The second-order valence-corrected chi connectivity index (χ2v) is 2.22. The molecule has 1 aromatic rings. The number of halogens is 5. The normalized spacial score (nSPS) is 11.2. The third-order valence-corrected chi connectivity index (χ3v) is 1.22. The van der Waals surface area contributed by atoms with Crippen molar-refractivity contribution < 1.29 is 31.8 Å². The van der Waals surface area contributed by atoms with Crippen molar-refractivity contribution in [2.24, 2.45) is 0 Å². The molecule has 0 aliphatic heterocycles. The van der Waals surface area contributed by atoms with Gasteiger partial charge in [-0.15, -0.1) is 13.2 Å². The average Bonchev–Trinajstić information content (AvgIpc) is 2.06.